The van der Waals surface area contributed by atoms with E-state index in [0.29, 0.717) is 0 Å². The number of thiophene rings is 1. The van der Waals surface area contributed by atoms with Crippen molar-refractivity contribution < 1.29 is 4.42 Å². The van der Waals surface area contributed by atoms with Gasteiger partial charge in [-0.2, -0.15) is 0 Å². The van der Waals surface area contributed by atoms with Crippen LogP contribution in [0.4, 0.5) is 0 Å². The second-order valence-electron chi connectivity index (χ2n) is 4.28. The lowest BCUT2D eigenvalue weighted by atomic mass is 10.4. The van der Waals surface area contributed by atoms with Crippen molar-refractivity contribution in [3.63, 3.8) is 0 Å². The highest BCUT2D eigenvalue weighted by atomic mass is 32.1. The van der Waals surface area contributed by atoms with E-state index in [2.05, 4.69) is 36.8 Å². The average Bonchev–Trinajstić information content (AvgIpc) is 2.73. The van der Waals surface area contributed by atoms with E-state index >= 15 is 0 Å². The summed E-state index contributed by atoms with van der Waals surface area (Å²) in [5, 5.41) is 0. The van der Waals surface area contributed by atoms with Crippen LogP contribution in [0.2, 0.25) is 19.6 Å². The normalized spacial score (nSPS) is 11.9. The van der Waals surface area contributed by atoms with E-state index in [9.17, 15) is 0 Å². The smallest absolute Gasteiger partial charge is 0.181 e. The van der Waals surface area contributed by atoms with Crippen molar-refractivity contribution in [3.8, 4) is 10.6 Å². The summed E-state index contributed by atoms with van der Waals surface area (Å²) in [6.07, 6.45) is 3.24. The molecule has 0 aliphatic rings. The number of rotatable bonds is 2. The molecule has 74 valence electrons. The molecule has 4 heteroatoms. The van der Waals surface area contributed by atoms with Gasteiger partial charge in [-0.25, -0.2) is 4.98 Å². The zero-order valence-corrected chi connectivity index (χ0v) is 10.4. The second kappa shape index (κ2) is 3.36. The van der Waals surface area contributed by atoms with Gasteiger partial charge < -0.3 is 4.42 Å². The van der Waals surface area contributed by atoms with Crippen molar-refractivity contribution in [2.75, 3.05) is 0 Å². The first kappa shape index (κ1) is 9.67. The summed E-state index contributed by atoms with van der Waals surface area (Å²) in [6.45, 7) is 7.05. The van der Waals surface area contributed by atoms with Crippen LogP contribution in [0.15, 0.2) is 29.1 Å². The maximum Gasteiger partial charge on any atom is 0.181 e. The quantitative estimate of drug-likeness (QED) is 0.732. The molecule has 0 saturated heterocycles. The van der Waals surface area contributed by atoms with Crippen molar-refractivity contribution in [1.29, 1.82) is 0 Å². The third kappa shape index (κ3) is 1.81. The zero-order chi connectivity index (χ0) is 10.2. The van der Waals surface area contributed by atoms with Gasteiger partial charge in [0.15, 0.2) is 12.2 Å². The molecule has 0 amide bonds. The summed E-state index contributed by atoms with van der Waals surface area (Å²) in [6, 6.07) is 4.34. The zero-order valence-electron chi connectivity index (χ0n) is 8.57. The molecular weight excluding hydrogens is 210 g/mol. The summed E-state index contributed by atoms with van der Waals surface area (Å²) in [5.41, 5.74) is 0. The molecule has 0 bridgehead atoms. The number of aromatic nitrogens is 1. The Kier molecular flexibility index (Phi) is 2.32. The first-order valence-electron chi connectivity index (χ1n) is 4.56. The molecule has 2 nitrogen and oxygen atoms in total. The van der Waals surface area contributed by atoms with Crippen molar-refractivity contribution in [2.45, 2.75) is 19.6 Å². The van der Waals surface area contributed by atoms with Gasteiger partial charge in [0.25, 0.3) is 0 Å². The van der Waals surface area contributed by atoms with Gasteiger partial charge in [0.05, 0.1) is 19.1 Å². The number of oxazole rings is 1. The highest BCUT2D eigenvalue weighted by Crippen LogP contribution is 2.24. The molecule has 0 unspecified atom stereocenters. The van der Waals surface area contributed by atoms with Gasteiger partial charge in [0.2, 0.25) is 0 Å². The predicted molar refractivity (Wildman–Crippen MR) is 62.8 cm³/mol. The molecule has 0 spiro atoms. The highest BCUT2D eigenvalue weighted by molar-refractivity contribution is 7.28. The summed E-state index contributed by atoms with van der Waals surface area (Å²) < 4.78 is 6.76. The number of nitrogens with zero attached hydrogens (tertiary/aromatic N) is 1. The molecule has 0 aliphatic carbocycles. The number of hydrogen-bond donors (Lipinski definition) is 0. The van der Waals surface area contributed by atoms with Gasteiger partial charge >= 0.3 is 0 Å². The fourth-order valence-corrected chi connectivity index (χ4v) is 4.06. The van der Waals surface area contributed by atoms with Gasteiger partial charge in [-0.05, 0) is 10.6 Å². The van der Waals surface area contributed by atoms with Crippen LogP contribution in [-0.4, -0.2) is 13.1 Å². The molecule has 0 radical (unpaired) electrons. The standard InChI is InChI=1S/C10H13NOSSi/c1-14(2,3)10-5-4-9(13-10)8-6-11-7-12-8/h4-7H,1-3H3. The van der Waals surface area contributed by atoms with Crippen LogP contribution in [0, 0.1) is 0 Å². The maximum atomic E-state index is 5.26. The van der Waals surface area contributed by atoms with Crippen molar-refractivity contribution in [1.82, 2.24) is 4.98 Å². The summed E-state index contributed by atoms with van der Waals surface area (Å²) in [7, 11) is -1.17. The molecule has 0 N–H and O–H groups in total. The molecular formula is C10H13NOSSi. The van der Waals surface area contributed by atoms with Crippen LogP contribution in [0.5, 0.6) is 0 Å². The Balaban J connectivity index is 2.36. The summed E-state index contributed by atoms with van der Waals surface area (Å²) in [5.74, 6) is 0.875. The lowest BCUT2D eigenvalue weighted by Gasteiger charge is -2.12. The lowest BCUT2D eigenvalue weighted by molar-refractivity contribution is 0.573. The topological polar surface area (TPSA) is 26.0 Å². The van der Waals surface area contributed by atoms with Crippen molar-refractivity contribution in [2.24, 2.45) is 0 Å². The maximum absolute atomic E-state index is 5.26. The Morgan fingerprint density at radius 3 is 2.57 bits per heavy atom. The monoisotopic (exact) mass is 223 g/mol. The van der Waals surface area contributed by atoms with Crippen molar-refractivity contribution >= 4 is 23.9 Å². The van der Waals surface area contributed by atoms with Crippen LogP contribution >= 0.6 is 11.3 Å². The third-order valence-corrected chi connectivity index (χ3v) is 6.72. The van der Waals surface area contributed by atoms with Gasteiger partial charge in [-0.3, -0.25) is 0 Å². The van der Waals surface area contributed by atoms with E-state index in [4.69, 9.17) is 4.42 Å². The minimum Gasteiger partial charge on any atom is -0.443 e. The Hall–Kier alpha value is -0.873. The first-order chi connectivity index (χ1) is 6.57. The van der Waals surface area contributed by atoms with E-state index in [1.807, 2.05) is 11.3 Å². The predicted octanol–water partition coefficient (Wildman–Crippen LogP) is 2.95. The highest BCUT2D eigenvalue weighted by Gasteiger charge is 2.19. The summed E-state index contributed by atoms with van der Waals surface area (Å²) >= 11 is 1.83. The Bertz CT molecular complexity index is 414. The average molecular weight is 223 g/mol. The fraction of sp³-hybridized carbons (Fsp3) is 0.300. The molecule has 0 fully saturated rings. The molecule has 0 aromatic carbocycles. The van der Waals surface area contributed by atoms with Crippen LogP contribution in [0.1, 0.15) is 0 Å². The largest absolute Gasteiger partial charge is 0.443 e. The molecule has 0 aliphatic heterocycles. The number of hydrogen-bond acceptors (Lipinski definition) is 3. The Morgan fingerprint density at radius 2 is 2.07 bits per heavy atom. The van der Waals surface area contributed by atoms with Crippen LogP contribution in [0.25, 0.3) is 10.6 Å². The molecule has 2 aromatic rings. The van der Waals surface area contributed by atoms with E-state index in [1.54, 1.807) is 6.20 Å². The second-order valence-corrected chi connectivity index (χ2v) is 10.8. The van der Waals surface area contributed by atoms with E-state index < -0.39 is 8.07 Å². The minimum absolute atomic E-state index is 0.875. The Labute approximate surface area is 88.6 Å². The van der Waals surface area contributed by atoms with Gasteiger partial charge in [-0.1, -0.05) is 25.7 Å². The lowest BCUT2D eigenvalue weighted by Crippen LogP contribution is -2.34. The molecule has 0 saturated carbocycles. The fourth-order valence-electron chi connectivity index (χ4n) is 1.21. The molecule has 2 aromatic heterocycles. The van der Waals surface area contributed by atoms with E-state index in [-0.39, 0.29) is 0 Å². The Morgan fingerprint density at radius 1 is 1.29 bits per heavy atom. The summed E-state index contributed by atoms with van der Waals surface area (Å²) in [4.78, 5) is 5.10. The molecule has 0 atom stereocenters. The third-order valence-electron chi connectivity index (χ3n) is 2.02. The van der Waals surface area contributed by atoms with Gasteiger partial charge in [0, 0.05) is 0 Å². The minimum atomic E-state index is -1.17. The SMILES string of the molecule is C[Si](C)(C)c1ccc(-c2cnco2)s1. The van der Waals surface area contributed by atoms with E-state index in [0.717, 1.165) is 5.76 Å². The van der Waals surface area contributed by atoms with Crippen molar-refractivity contribution in [3.05, 3.63) is 24.7 Å². The molecule has 2 rings (SSSR count). The first-order valence-corrected chi connectivity index (χ1v) is 8.88. The van der Waals surface area contributed by atoms with Crippen LogP contribution in [-0.2, 0) is 0 Å². The molecule has 2 heterocycles. The molecule has 14 heavy (non-hydrogen) atoms. The van der Waals surface area contributed by atoms with Gasteiger partial charge in [-0.15, -0.1) is 11.3 Å². The van der Waals surface area contributed by atoms with Gasteiger partial charge in [0.1, 0.15) is 0 Å². The van der Waals surface area contributed by atoms with E-state index in [1.165, 1.54) is 15.8 Å². The van der Waals surface area contributed by atoms with Crippen LogP contribution < -0.4 is 4.50 Å². The van der Waals surface area contributed by atoms with Crippen LogP contribution in [0.3, 0.4) is 0 Å².